The summed E-state index contributed by atoms with van der Waals surface area (Å²) in [4.78, 5) is 2.40. The molecule has 1 aromatic carbocycles. The number of aromatic nitrogens is 4. The van der Waals surface area contributed by atoms with Crippen LogP contribution in [0.4, 0.5) is 0 Å². The maximum absolute atomic E-state index is 9.79. The summed E-state index contributed by atoms with van der Waals surface area (Å²) in [6.45, 7) is 6.77. The van der Waals surface area contributed by atoms with Gasteiger partial charge in [0, 0.05) is 13.1 Å². The van der Waals surface area contributed by atoms with E-state index in [1.54, 1.807) is 7.11 Å². The average molecular weight is 345 g/mol. The van der Waals surface area contributed by atoms with Crippen LogP contribution in [0.3, 0.4) is 0 Å². The molecule has 0 spiro atoms. The van der Waals surface area contributed by atoms with Gasteiger partial charge in [0.25, 0.3) is 0 Å². The van der Waals surface area contributed by atoms with Crippen LogP contribution in [0.2, 0.25) is 0 Å². The van der Waals surface area contributed by atoms with Gasteiger partial charge < -0.3 is 9.84 Å². The van der Waals surface area contributed by atoms with Crippen LogP contribution >= 0.6 is 0 Å². The number of hydrogen-bond acceptors (Lipinski definition) is 6. The van der Waals surface area contributed by atoms with Crippen LogP contribution in [0.5, 0.6) is 5.75 Å². The first kappa shape index (κ1) is 17.8. The van der Waals surface area contributed by atoms with Crippen LogP contribution in [0.1, 0.15) is 44.1 Å². The van der Waals surface area contributed by atoms with E-state index in [4.69, 9.17) is 4.74 Å². The lowest BCUT2D eigenvalue weighted by molar-refractivity contribution is 0.0436. The second-order valence-electron chi connectivity index (χ2n) is 7.00. The van der Waals surface area contributed by atoms with E-state index in [2.05, 4.69) is 34.3 Å². The van der Waals surface area contributed by atoms with E-state index < -0.39 is 0 Å². The fourth-order valence-corrected chi connectivity index (χ4v) is 3.49. The molecule has 1 aliphatic rings. The van der Waals surface area contributed by atoms with Crippen molar-refractivity contribution in [3.8, 4) is 5.75 Å². The van der Waals surface area contributed by atoms with Crippen molar-refractivity contribution in [1.29, 1.82) is 0 Å². The van der Waals surface area contributed by atoms with Gasteiger partial charge in [0.05, 0.1) is 25.8 Å². The van der Waals surface area contributed by atoms with Crippen LogP contribution in [-0.2, 0) is 6.54 Å². The second kappa shape index (κ2) is 7.93. The number of rotatable bonds is 6. The van der Waals surface area contributed by atoms with Gasteiger partial charge in [-0.2, -0.15) is 0 Å². The summed E-state index contributed by atoms with van der Waals surface area (Å²) in [5.41, 5.74) is 1.13. The van der Waals surface area contributed by atoms with Gasteiger partial charge in [-0.15, -0.1) is 5.10 Å². The Balaban J connectivity index is 1.79. The highest BCUT2D eigenvalue weighted by molar-refractivity contribution is 5.27. The third kappa shape index (κ3) is 4.16. The molecule has 1 aromatic heterocycles. The van der Waals surface area contributed by atoms with Crippen molar-refractivity contribution in [1.82, 2.24) is 25.1 Å². The Morgan fingerprint density at radius 2 is 1.88 bits per heavy atom. The minimum absolute atomic E-state index is 0.153. The molecule has 0 unspecified atom stereocenters. The van der Waals surface area contributed by atoms with Gasteiger partial charge >= 0.3 is 0 Å². The van der Waals surface area contributed by atoms with Gasteiger partial charge in [-0.3, -0.25) is 4.90 Å². The normalized spacial score (nSPS) is 17.8. The maximum atomic E-state index is 9.79. The van der Waals surface area contributed by atoms with Gasteiger partial charge in [-0.25, -0.2) is 4.68 Å². The number of aliphatic hydroxyl groups is 1. The minimum atomic E-state index is -0.181. The summed E-state index contributed by atoms with van der Waals surface area (Å²) in [5.74, 6) is 2.12. The fraction of sp³-hybridized carbons (Fsp3) is 0.611. The van der Waals surface area contributed by atoms with Crippen molar-refractivity contribution in [2.45, 2.75) is 45.4 Å². The quantitative estimate of drug-likeness (QED) is 0.861. The lowest BCUT2D eigenvalue weighted by Crippen LogP contribution is -2.41. The van der Waals surface area contributed by atoms with E-state index in [9.17, 15) is 5.11 Å². The average Bonchev–Trinajstić information content (AvgIpc) is 3.05. The Kier molecular flexibility index (Phi) is 5.65. The Labute approximate surface area is 148 Å². The molecule has 136 valence electrons. The number of aliphatic hydroxyl groups excluding tert-OH is 1. The standard InChI is InChI=1S/C18H27N5O2/c1-13(2)17(22-10-8-15(24)9-11-22)18-19-20-21-23(18)12-14-4-6-16(25-3)7-5-14/h4-7,13,15,17,24H,8-12H2,1-3H3/t17-/m0/s1. The molecule has 7 nitrogen and oxygen atoms in total. The van der Waals surface area contributed by atoms with E-state index in [1.165, 1.54) is 0 Å². The Hall–Kier alpha value is -1.99. The number of hydrogen-bond donors (Lipinski definition) is 1. The number of methoxy groups -OCH3 is 1. The number of benzene rings is 1. The van der Waals surface area contributed by atoms with E-state index in [0.717, 1.165) is 43.1 Å². The monoisotopic (exact) mass is 345 g/mol. The summed E-state index contributed by atoms with van der Waals surface area (Å²) in [6, 6.07) is 8.12. The largest absolute Gasteiger partial charge is 0.497 e. The van der Waals surface area contributed by atoms with Crippen molar-refractivity contribution in [3.05, 3.63) is 35.7 Å². The van der Waals surface area contributed by atoms with Gasteiger partial charge in [0.15, 0.2) is 5.82 Å². The van der Waals surface area contributed by atoms with Crippen molar-refractivity contribution in [3.63, 3.8) is 0 Å². The maximum Gasteiger partial charge on any atom is 0.169 e. The van der Waals surface area contributed by atoms with Crippen LogP contribution in [0.25, 0.3) is 0 Å². The van der Waals surface area contributed by atoms with Crippen molar-refractivity contribution < 1.29 is 9.84 Å². The molecular weight excluding hydrogens is 318 g/mol. The number of piperidine rings is 1. The molecule has 1 N–H and O–H groups in total. The molecule has 7 heteroatoms. The van der Waals surface area contributed by atoms with Crippen molar-refractivity contribution >= 4 is 0 Å². The fourth-order valence-electron chi connectivity index (χ4n) is 3.49. The number of nitrogens with zero attached hydrogens (tertiary/aromatic N) is 5. The molecular formula is C18H27N5O2. The zero-order valence-electron chi connectivity index (χ0n) is 15.2. The number of ether oxygens (including phenoxy) is 1. The summed E-state index contributed by atoms with van der Waals surface area (Å²) < 4.78 is 7.10. The molecule has 2 aromatic rings. The van der Waals surface area contributed by atoms with E-state index in [-0.39, 0.29) is 12.1 Å². The highest BCUT2D eigenvalue weighted by atomic mass is 16.5. The first-order valence-electron chi connectivity index (χ1n) is 8.89. The van der Waals surface area contributed by atoms with Gasteiger partial charge in [0.1, 0.15) is 5.75 Å². The molecule has 25 heavy (non-hydrogen) atoms. The van der Waals surface area contributed by atoms with E-state index in [0.29, 0.717) is 12.5 Å². The van der Waals surface area contributed by atoms with Crippen molar-refractivity contribution in [2.75, 3.05) is 20.2 Å². The van der Waals surface area contributed by atoms with Crippen LogP contribution in [0, 0.1) is 5.92 Å². The Morgan fingerprint density at radius 3 is 2.48 bits per heavy atom. The first-order valence-corrected chi connectivity index (χ1v) is 8.89. The smallest absolute Gasteiger partial charge is 0.169 e. The lowest BCUT2D eigenvalue weighted by atomic mass is 9.97. The highest BCUT2D eigenvalue weighted by Gasteiger charge is 2.31. The molecule has 1 aliphatic heterocycles. The van der Waals surface area contributed by atoms with Crippen LogP contribution in [-0.4, -0.2) is 56.5 Å². The molecule has 1 saturated heterocycles. The predicted octanol–water partition coefficient (Wildman–Crippen LogP) is 1.88. The first-order chi connectivity index (χ1) is 12.1. The molecule has 1 atom stereocenters. The molecule has 0 amide bonds. The summed E-state index contributed by atoms with van der Waals surface area (Å²) in [5, 5.41) is 22.3. The SMILES string of the molecule is COc1ccc(Cn2nnnc2[C@H](C(C)C)N2CCC(O)CC2)cc1. The zero-order valence-corrected chi connectivity index (χ0v) is 15.2. The molecule has 0 saturated carbocycles. The molecule has 0 aliphatic carbocycles. The molecule has 0 bridgehead atoms. The number of likely N-dealkylation sites (tertiary alicyclic amines) is 1. The predicted molar refractivity (Wildman–Crippen MR) is 94.3 cm³/mol. The number of tetrazole rings is 1. The summed E-state index contributed by atoms with van der Waals surface area (Å²) in [6.07, 6.45) is 1.44. The van der Waals surface area contributed by atoms with E-state index >= 15 is 0 Å². The molecule has 1 fully saturated rings. The highest BCUT2D eigenvalue weighted by Crippen LogP contribution is 2.30. The zero-order chi connectivity index (χ0) is 17.8. The molecule has 3 rings (SSSR count). The van der Waals surface area contributed by atoms with Crippen molar-refractivity contribution in [2.24, 2.45) is 5.92 Å². The lowest BCUT2D eigenvalue weighted by Gasteiger charge is -2.37. The Morgan fingerprint density at radius 1 is 1.20 bits per heavy atom. The van der Waals surface area contributed by atoms with E-state index in [1.807, 2.05) is 28.9 Å². The van der Waals surface area contributed by atoms with Gasteiger partial charge in [0.2, 0.25) is 0 Å². The third-order valence-corrected chi connectivity index (χ3v) is 4.84. The summed E-state index contributed by atoms with van der Waals surface area (Å²) >= 11 is 0. The minimum Gasteiger partial charge on any atom is -0.497 e. The Bertz CT molecular complexity index is 662. The topological polar surface area (TPSA) is 76.3 Å². The van der Waals surface area contributed by atoms with Crippen LogP contribution < -0.4 is 4.74 Å². The molecule has 2 heterocycles. The van der Waals surface area contributed by atoms with Gasteiger partial charge in [-0.1, -0.05) is 26.0 Å². The van der Waals surface area contributed by atoms with Crippen LogP contribution in [0.15, 0.2) is 24.3 Å². The third-order valence-electron chi connectivity index (χ3n) is 4.84. The molecule has 0 radical (unpaired) electrons. The second-order valence-corrected chi connectivity index (χ2v) is 7.00. The van der Waals surface area contributed by atoms with Gasteiger partial charge in [-0.05, 0) is 46.9 Å². The summed E-state index contributed by atoms with van der Waals surface area (Å²) in [7, 11) is 1.66.